The third-order valence-corrected chi connectivity index (χ3v) is 4.41. The van der Waals surface area contributed by atoms with E-state index in [2.05, 4.69) is 4.98 Å². The summed E-state index contributed by atoms with van der Waals surface area (Å²) in [5.41, 5.74) is 6.73. The van der Waals surface area contributed by atoms with Crippen LogP contribution < -0.4 is 5.73 Å². The lowest BCUT2D eigenvalue weighted by Gasteiger charge is -2.17. The van der Waals surface area contributed by atoms with Crippen LogP contribution in [0.2, 0.25) is 0 Å². The SMILES string of the molecule is Cc1nc(C)c(C(=O)N2CCC(C(C)N)C2)s1.Cl.Cl. The first-order valence-electron chi connectivity index (χ1n) is 5.98. The van der Waals surface area contributed by atoms with Crippen molar-refractivity contribution in [2.45, 2.75) is 33.2 Å². The number of rotatable bonds is 2. The van der Waals surface area contributed by atoms with Crippen LogP contribution in [-0.4, -0.2) is 34.9 Å². The monoisotopic (exact) mass is 325 g/mol. The smallest absolute Gasteiger partial charge is 0.265 e. The standard InChI is InChI=1S/C12H19N3OS.2ClH/c1-7(13)10-4-5-15(6-10)12(16)11-8(2)14-9(3)17-11;;/h7,10H,4-6,13H2,1-3H3;2*1H. The highest BCUT2D eigenvalue weighted by molar-refractivity contribution is 7.13. The van der Waals surface area contributed by atoms with Gasteiger partial charge in [-0.1, -0.05) is 0 Å². The molecule has 1 amide bonds. The first-order chi connectivity index (χ1) is 7.99. The molecule has 7 heteroatoms. The molecule has 0 spiro atoms. The minimum atomic E-state index is 0. The molecule has 1 aliphatic heterocycles. The summed E-state index contributed by atoms with van der Waals surface area (Å²) < 4.78 is 0. The zero-order chi connectivity index (χ0) is 12.6. The van der Waals surface area contributed by atoms with Crippen LogP contribution in [0.3, 0.4) is 0 Å². The Kier molecular flexibility index (Phi) is 7.29. The molecule has 19 heavy (non-hydrogen) atoms. The molecular formula is C12H21Cl2N3OS. The van der Waals surface area contributed by atoms with Gasteiger partial charge in [0.2, 0.25) is 0 Å². The number of aryl methyl sites for hydroxylation is 2. The molecule has 0 aromatic carbocycles. The lowest BCUT2D eigenvalue weighted by Crippen LogP contribution is -2.32. The van der Waals surface area contributed by atoms with Crippen molar-refractivity contribution < 1.29 is 4.79 Å². The second kappa shape index (κ2) is 7.43. The van der Waals surface area contributed by atoms with Crippen LogP contribution in [0.25, 0.3) is 0 Å². The van der Waals surface area contributed by atoms with E-state index < -0.39 is 0 Å². The summed E-state index contributed by atoms with van der Waals surface area (Å²) in [4.78, 5) is 19.3. The number of hydrogen-bond donors (Lipinski definition) is 1. The zero-order valence-electron chi connectivity index (χ0n) is 11.4. The van der Waals surface area contributed by atoms with E-state index in [-0.39, 0.29) is 36.8 Å². The first-order valence-corrected chi connectivity index (χ1v) is 6.79. The number of carbonyl (C=O) groups is 1. The largest absolute Gasteiger partial charge is 0.338 e. The summed E-state index contributed by atoms with van der Waals surface area (Å²) in [5, 5.41) is 0.953. The molecule has 1 aromatic heterocycles. The van der Waals surface area contributed by atoms with E-state index in [0.717, 1.165) is 35.1 Å². The van der Waals surface area contributed by atoms with E-state index in [1.807, 2.05) is 25.7 Å². The summed E-state index contributed by atoms with van der Waals surface area (Å²) in [6.07, 6.45) is 1.01. The van der Waals surface area contributed by atoms with Crippen LogP contribution in [0.1, 0.15) is 33.7 Å². The Morgan fingerprint density at radius 1 is 1.47 bits per heavy atom. The van der Waals surface area contributed by atoms with Crippen molar-refractivity contribution in [1.29, 1.82) is 0 Å². The predicted molar refractivity (Wildman–Crippen MR) is 83.7 cm³/mol. The summed E-state index contributed by atoms with van der Waals surface area (Å²) in [6.45, 7) is 7.45. The Balaban J connectivity index is 0.00000162. The van der Waals surface area contributed by atoms with Crippen molar-refractivity contribution in [3.8, 4) is 0 Å². The average Bonchev–Trinajstić information content (AvgIpc) is 2.84. The highest BCUT2D eigenvalue weighted by Gasteiger charge is 2.30. The molecule has 1 fully saturated rings. The maximum atomic E-state index is 12.3. The molecule has 2 unspecified atom stereocenters. The van der Waals surface area contributed by atoms with Gasteiger partial charge >= 0.3 is 0 Å². The molecule has 0 aliphatic carbocycles. The highest BCUT2D eigenvalue weighted by Crippen LogP contribution is 2.24. The number of likely N-dealkylation sites (tertiary alicyclic amines) is 1. The molecule has 4 nitrogen and oxygen atoms in total. The highest BCUT2D eigenvalue weighted by atomic mass is 35.5. The topological polar surface area (TPSA) is 59.2 Å². The molecular weight excluding hydrogens is 305 g/mol. The molecule has 0 saturated carbocycles. The van der Waals surface area contributed by atoms with Crippen LogP contribution in [-0.2, 0) is 0 Å². The van der Waals surface area contributed by atoms with Crippen molar-refractivity contribution in [3.05, 3.63) is 15.6 Å². The number of nitrogens with zero attached hydrogens (tertiary/aromatic N) is 2. The molecule has 2 N–H and O–H groups in total. The Labute approximate surface area is 130 Å². The third kappa shape index (κ3) is 4.05. The maximum Gasteiger partial charge on any atom is 0.265 e. The van der Waals surface area contributed by atoms with Gasteiger partial charge in [-0.2, -0.15) is 0 Å². The lowest BCUT2D eigenvalue weighted by molar-refractivity contribution is 0.0790. The van der Waals surface area contributed by atoms with E-state index in [1.165, 1.54) is 11.3 Å². The fourth-order valence-electron chi connectivity index (χ4n) is 2.27. The van der Waals surface area contributed by atoms with Crippen LogP contribution >= 0.6 is 36.2 Å². The lowest BCUT2D eigenvalue weighted by atomic mass is 10.0. The zero-order valence-corrected chi connectivity index (χ0v) is 13.8. The van der Waals surface area contributed by atoms with Crippen LogP contribution in [0, 0.1) is 19.8 Å². The summed E-state index contributed by atoms with van der Waals surface area (Å²) in [5.74, 6) is 0.560. The third-order valence-electron chi connectivity index (χ3n) is 3.35. The van der Waals surface area contributed by atoms with Crippen molar-refractivity contribution in [2.24, 2.45) is 11.7 Å². The van der Waals surface area contributed by atoms with E-state index in [1.54, 1.807) is 0 Å². The minimum absolute atomic E-state index is 0. The molecule has 1 aromatic rings. The number of aromatic nitrogens is 1. The van der Waals surface area contributed by atoms with Crippen LogP contribution in [0.15, 0.2) is 0 Å². The van der Waals surface area contributed by atoms with Gasteiger partial charge in [-0.05, 0) is 33.1 Å². The second-order valence-corrected chi connectivity index (χ2v) is 6.01. The van der Waals surface area contributed by atoms with Gasteiger partial charge in [0.1, 0.15) is 4.88 Å². The van der Waals surface area contributed by atoms with Gasteiger partial charge in [-0.15, -0.1) is 36.2 Å². The fourth-order valence-corrected chi connectivity index (χ4v) is 3.16. The normalized spacial score (nSPS) is 19.6. The Morgan fingerprint density at radius 3 is 2.53 bits per heavy atom. The van der Waals surface area contributed by atoms with Crippen molar-refractivity contribution >= 4 is 42.1 Å². The molecule has 1 saturated heterocycles. The summed E-state index contributed by atoms with van der Waals surface area (Å²) in [6, 6.07) is 0.164. The van der Waals surface area contributed by atoms with Crippen molar-refractivity contribution in [2.75, 3.05) is 13.1 Å². The number of hydrogen-bond acceptors (Lipinski definition) is 4. The molecule has 2 rings (SSSR count). The molecule has 1 aliphatic rings. The molecule has 110 valence electrons. The number of thiazole rings is 1. The van der Waals surface area contributed by atoms with Gasteiger partial charge < -0.3 is 10.6 Å². The Bertz CT molecular complexity index is 437. The van der Waals surface area contributed by atoms with Crippen LogP contribution in [0.5, 0.6) is 0 Å². The van der Waals surface area contributed by atoms with Crippen LogP contribution in [0.4, 0.5) is 0 Å². The van der Waals surface area contributed by atoms with Gasteiger partial charge in [0, 0.05) is 19.1 Å². The summed E-state index contributed by atoms with van der Waals surface area (Å²) >= 11 is 1.49. The van der Waals surface area contributed by atoms with Gasteiger partial charge in [-0.3, -0.25) is 4.79 Å². The molecule has 0 bridgehead atoms. The van der Waals surface area contributed by atoms with Gasteiger partial charge in [0.05, 0.1) is 10.7 Å². The maximum absolute atomic E-state index is 12.3. The molecule has 0 radical (unpaired) electrons. The quantitative estimate of drug-likeness (QED) is 0.908. The van der Waals surface area contributed by atoms with Gasteiger partial charge in [0.15, 0.2) is 0 Å². The van der Waals surface area contributed by atoms with E-state index in [4.69, 9.17) is 5.73 Å². The molecule has 2 heterocycles. The van der Waals surface area contributed by atoms with E-state index in [0.29, 0.717) is 5.92 Å². The Hall–Kier alpha value is -0.360. The Morgan fingerprint density at radius 2 is 2.11 bits per heavy atom. The number of nitrogens with two attached hydrogens (primary N) is 1. The minimum Gasteiger partial charge on any atom is -0.338 e. The number of halogens is 2. The van der Waals surface area contributed by atoms with Gasteiger partial charge in [-0.25, -0.2) is 4.98 Å². The first kappa shape index (κ1) is 18.6. The molecule has 2 atom stereocenters. The van der Waals surface area contributed by atoms with Gasteiger partial charge in [0.25, 0.3) is 5.91 Å². The van der Waals surface area contributed by atoms with Crippen molar-refractivity contribution in [1.82, 2.24) is 9.88 Å². The summed E-state index contributed by atoms with van der Waals surface area (Å²) in [7, 11) is 0. The second-order valence-electron chi connectivity index (χ2n) is 4.81. The predicted octanol–water partition coefficient (Wildman–Crippen LogP) is 2.41. The number of carbonyl (C=O) groups excluding carboxylic acids is 1. The van der Waals surface area contributed by atoms with Crippen molar-refractivity contribution in [3.63, 3.8) is 0 Å². The van der Waals surface area contributed by atoms with E-state index >= 15 is 0 Å². The fraction of sp³-hybridized carbons (Fsp3) is 0.667. The number of amides is 1. The van der Waals surface area contributed by atoms with E-state index in [9.17, 15) is 4.79 Å². The average molecular weight is 326 g/mol.